The predicted molar refractivity (Wildman–Crippen MR) is 64.3 cm³/mol. The van der Waals surface area contributed by atoms with E-state index in [0.29, 0.717) is 0 Å². The molecule has 0 N–H and O–H groups in total. The molecule has 15 heavy (non-hydrogen) atoms. The molecule has 82 valence electrons. The van der Waals surface area contributed by atoms with Gasteiger partial charge in [-0.15, -0.1) is 6.58 Å². The second-order valence-electron chi connectivity index (χ2n) is 3.83. The first kappa shape index (κ1) is 11.8. The molecule has 0 saturated heterocycles. The summed E-state index contributed by atoms with van der Waals surface area (Å²) in [5, 5.41) is 0. The van der Waals surface area contributed by atoms with Crippen LogP contribution in [0.2, 0.25) is 0 Å². The Hall–Kier alpha value is -1.28. The van der Waals surface area contributed by atoms with Crippen LogP contribution < -0.4 is 4.74 Å². The minimum Gasteiger partial charge on any atom is -0.496 e. The molecule has 0 aliphatic heterocycles. The van der Waals surface area contributed by atoms with Crippen molar-refractivity contribution in [1.29, 1.82) is 0 Å². The average molecular weight is 205 g/mol. The zero-order valence-electron chi connectivity index (χ0n) is 9.79. The van der Waals surface area contributed by atoms with Crippen molar-refractivity contribution in [2.75, 3.05) is 21.2 Å². The van der Waals surface area contributed by atoms with Crippen molar-refractivity contribution in [2.45, 2.75) is 13.0 Å². The molecule has 0 spiro atoms. The molecule has 0 radical (unpaired) electrons. The molecule has 0 amide bonds. The average Bonchev–Trinajstić information content (AvgIpc) is 2.20. The number of allylic oxidation sites excluding steroid dienone is 1. The first-order valence-electron chi connectivity index (χ1n) is 5.09. The Labute approximate surface area is 92.2 Å². The molecule has 1 aromatic rings. The third kappa shape index (κ3) is 3.10. The summed E-state index contributed by atoms with van der Waals surface area (Å²) in [6.45, 7) is 4.71. The number of hydrogen-bond acceptors (Lipinski definition) is 2. The molecule has 0 unspecified atom stereocenters. The van der Waals surface area contributed by atoms with Crippen LogP contribution in [0.1, 0.15) is 11.1 Å². The van der Waals surface area contributed by atoms with Gasteiger partial charge in [-0.3, -0.25) is 0 Å². The minimum absolute atomic E-state index is 0.854. The van der Waals surface area contributed by atoms with E-state index < -0.39 is 0 Å². The third-order valence-corrected chi connectivity index (χ3v) is 2.29. The van der Waals surface area contributed by atoms with E-state index in [1.807, 2.05) is 18.2 Å². The number of methoxy groups -OCH3 is 1. The van der Waals surface area contributed by atoms with Gasteiger partial charge in [0.25, 0.3) is 0 Å². The lowest BCUT2D eigenvalue weighted by Crippen LogP contribution is -2.12. The van der Waals surface area contributed by atoms with Crippen molar-refractivity contribution >= 4 is 0 Å². The molecule has 0 fully saturated rings. The van der Waals surface area contributed by atoms with Crippen LogP contribution in [-0.2, 0) is 13.0 Å². The van der Waals surface area contributed by atoms with Gasteiger partial charge in [-0.25, -0.2) is 0 Å². The van der Waals surface area contributed by atoms with Crippen molar-refractivity contribution in [3.05, 3.63) is 42.0 Å². The van der Waals surface area contributed by atoms with Crippen LogP contribution in [0.15, 0.2) is 30.9 Å². The van der Waals surface area contributed by atoms with Gasteiger partial charge < -0.3 is 9.64 Å². The number of hydrogen-bond donors (Lipinski definition) is 0. The molecule has 0 aliphatic carbocycles. The molecule has 0 aromatic heterocycles. The Balaban J connectivity index is 3.06. The highest BCUT2D eigenvalue weighted by Crippen LogP contribution is 2.23. The van der Waals surface area contributed by atoms with E-state index in [9.17, 15) is 0 Å². The van der Waals surface area contributed by atoms with Gasteiger partial charge in [0.1, 0.15) is 5.75 Å². The maximum absolute atomic E-state index is 5.35. The second kappa shape index (κ2) is 5.56. The van der Waals surface area contributed by atoms with Crippen LogP contribution >= 0.6 is 0 Å². The van der Waals surface area contributed by atoms with E-state index in [2.05, 4.69) is 31.6 Å². The molecular weight excluding hydrogens is 186 g/mol. The standard InChI is InChI=1S/C13H19NO/c1-5-7-12-11(10-14(2)3)8-6-9-13(12)15-4/h5-6,8-9H,1,7,10H2,2-4H3. The van der Waals surface area contributed by atoms with Crippen LogP contribution in [-0.4, -0.2) is 26.1 Å². The highest BCUT2D eigenvalue weighted by Gasteiger charge is 2.07. The monoisotopic (exact) mass is 205 g/mol. The minimum atomic E-state index is 0.854. The number of rotatable bonds is 5. The maximum Gasteiger partial charge on any atom is 0.122 e. The summed E-state index contributed by atoms with van der Waals surface area (Å²) in [6.07, 6.45) is 2.77. The Kier molecular flexibility index (Phi) is 4.37. The Bertz CT molecular complexity index is 331. The zero-order chi connectivity index (χ0) is 11.3. The van der Waals surface area contributed by atoms with E-state index >= 15 is 0 Å². The lowest BCUT2D eigenvalue weighted by Gasteiger charge is -2.16. The van der Waals surface area contributed by atoms with Crippen LogP contribution in [0.25, 0.3) is 0 Å². The maximum atomic E-state index is 5.35. The van der Waals surface area contributed by atoms with Gasteiger partial charge in [0.2, 0.25) is 0 Å². The van der Waals surface area contributed by atoms with Gasteiger partial charge >= 0.3 is 0 Å². The quantitative estimate of drug-likeness (QED) is 0.685. The lowest BCUT2D eigenvalue weighted by molar-refractivity contribution is 0.391. The lowest BCUT2D eigenvalue weighted by atomic mass is 10.0. The van der Waals surface area contributed by atoms with Crippen LogP contribution in [0.3, 0.4) is 0 Å². The molecule has 2 heteroatoms. The summed E-state index contributed by atoms with van der Waals surface area (Å²) < 4.78 is 5.35. The van der Waals surface area contributed by atoms with Crippen molar-refractivity contribution in [2.24, 2.45) is 0 Å². The van der Waals surface area contributed by atoms with Crippen molar-refractivity contribution < 1.29 is 4.74 Å². The number of benzene rings is 1. The molecule has 0 aliphatic rings. The Morgan fingerprint density at radius 3 is 2.67 bits per heavy atom. The summed E-state index contributed by atoms with van der Waals surface area (Å²) >= 11 is 0. The highest BCUT2D eigenvalue weighted by atomic mass is 16.5. The molecule has 0 heterocycles. The van der Waals surface area contributed by atoms with Crippen LogP contribution in [0, 0.1) is 0 Å². The van der Waals surface area contributed by atoms with E-state index in [4.69, 9.17) is 4.74 Å². The van der Waals surface area contributed by atoms with E-state index in [-0.39, 0.29) is 0 Å². The highest BCUT2D eigenvalue weighted by molar-refractivity contribution is 5.41. The van der Waals surface area contributed by atoms with Crippen LogP contribution in [0.5, 0.6) is 5.75 Å². The summed E-state index contributed by atoms with van der Waals surface area (Å²) in [6, 6.07) is 6.17. The van der Waals surface area contributed by atoms with Gasteiger partial charge in [0.05, 0.1) is 7.11 Å². The molecule has 0 saturated carbocycles. The first-order chi connectivity index (χ1) is 7.19. The van der Waals surface area contributed by atoms with Gasteiger partial charge in [-0.1, -0.05) is 18.2 Å². The van der Waals surface area contributed by atoms with Gasteiger partial charge in [-0.2, -0.15) is 0 Å². The summed E-state index contributed by atoms with van der Waals surface area (Å²) in [4.78, 5) is 2.15. The first-order valence-corrected chi connectivity index (χ1v) is 5.09. The molecule has 1 aromatic carbocycles. The zero-order valence-corrected chi connectivity index (χ0v) is 9.79. The summed E-state index contributed by atoms with van der Waals surface area (Å²) in [5.74, 6) is 0.953. The fourth-order valence-corrected chi connectivity index (χ4v) is 1.67. The van der Waals surface area contributed by atoms with Crippen molar-refractivity contribution in [3.8, 4) is 5.75 Å². The third-order valence-electron chi connectivity index (χ3n) is 2.29. The molecule has 1 rings (SSSR count). The SMILES string of the molecule is C=CCc1c(CN(C)C)cccc1OC. The number of ether oxygens (including phenoxy) is 1. The van der Waals surface area contributed by atoms with Crippen LogP contribution in [0.4, 0.5) is 0 Å². The van der Waals surface area contributed by atoms with Gasteiger partial charge in [0.15, 0.2) is 0 Å². The smallest absolute Gasteiger partial charge is 0.122 e. The van der Waals surface area contributed by atoms with E-state index in [1.54, 1.807) is 7.11 Å². The summed E-state index contributed by atoms with van der Waals surface area (Å²) in [7, 11) is 5.84. The fraction of sp³-hybridized carbons (Fsp3) is 0.385. The van der Waals surface area contributed by atoms with Crippen molar-refractivity contribution in [1.82, 2.24) is 4.90 Å². The normalized spacial score (nSPS) is 10.4. The number of nitrogens with zero attached hydrogens (tertiary/aromatic N) is 1. The predicted octanol–water partition coefficient (Wildman–Crippen LogP) is 2.49. The fourth-order valence-electron chi connectivity index (χ4n) is 1.67. The summed E-state index contributed by atoms with van der Waals surface area (Å²) in [5.41, 5.74) is 2.54. The van der Waals surface area contributed by atoms with E-state index in [0.717, 1.165) is 18.7 Å². The van der Waals surface area contributed by atoms with Gasteiger partial charge in [-0.05, 0) is 32.1 Å². The molecular formula is C13H19NO. The second-order valence-corrected chi connectivity index (χ2v) is 3.83. The topological polar surface area (TPSA) is 12.5 Å². The van der Waals surface area contributed by atoms with E-state index in [1.165, 1.54) is 11.1 Å². The Morgan fingerprint density at radius 2 is 2.13 bits per heavy atom. The van der Waals surface area contributed by atoms with Gasteiger partial charge in [0, 0.05) is 12.1 Å². The van der Waals surface area contributed by atoms with Crippen molar-refractivity contribution in [3.63, 3.8) is 0 Å². The molecule has 2 nitrogen and oxygen atoms in total. The largest absolute Gasteiger partial charge is 0.496 e. The molecule has 0 bridgehead atoms. The Morgan fingerprint density at radius 1 is 1.40 bits per heavy atom. The molecule has 0 atom stereocenters.